The Morgan fingerprint density at radius 3 is 1.55 bits per heavy atom. The van der Waals surface area contributed by atoms with Crippen LogP contribution in [0.25, 0.3) is 0 Å². The van der Waals surface area contributed by atoms with Crippen molar-refractivity contribution in [3.63, 3.8) is 0 Å². The maximum atomic E-state index is 13.9. The van der Waals surface area contributed by atoms with Crippen LogP contribution >= 0.6 is 0 Å². The summed E-state index contributed by atoms with van der Waals surface area (Å²) in [5.41, 5.74) is -2.37. The van der Waals surface area contributed by atoms with Crippen molar-refractivity contribution < 1.29 is 35.5 Å². The SMILES string of the molecule is COc1cc(F)c(F)c(Bc2c(F)c(F)cc(F)c2F)c1F. The topological polar surface area (TPSA) is 9.23 Å². The molecule has 0 aliphatic carbocycles. The van der Waals surface area contributed by atoms with E-state index in [9.17, 15) is 30.7 Å². The summed E-state index contributed by atoms with van der Waals surface area (Å²) >= 11 is 0. The second-order valence-corrected chi connectivity index (χ2v) is 4.29. The van der Waals surface area contributed by atoms with Crippen LogP contribution in [0.3, 0.4) is 0 Å². The molecule has 0 aliphatic heterocycles. The molecule has 116 valence electrons. The molecule has 22 heavy (non-hydrogen) atoms. The largest absolute Gasteiger partial charge is 0.494 e. The zero-order chi connectivity index (χ0) is 16.6. The molecule has 2 rings (SSSR count). The summed E-state index contributed by atoms with van der Waals surface area (Å²) < 4.78 is 98.5. The van der Waals surface area contributed by atoms with Crippen molar-refractivity contribution >= 4 is 18.2 Å². The van der Waals surface area contributed by atoms with Crippen molar-refractivity contribution in [2.24, 2.45) is 0 Å². The third kappa shape index (κ3) is 2.62. The van der Waals surface area contributed by atoms with Gasteiger partial charge in [0.1, 0.15) is 0 Å². The number of methoxy groups -OCH3 is 1. The van der Waals surface area contributed by atoms with Gasteiger partial charge in [-0.1, -0.05) is 0 Å². The van der Waals surface area contributed by atoms with Crippen LogP contribution in [0, 0.1) is 40.7 Å². The highest BCUT2D eigenvalue weighted by Gasteiger charge is 2.26. The number of benzene rings is 2. The number of rotatable bonds is 3. The lowest BCUT2D eigenvalue weighted by atomic mass is 9.62. The minimum Gasteiger partial charge on any atom is -0.494 e. The second kappa shape index (κ2) is 5.90. The maximum Gasteiger partial charge on any atom is 0.208 e. The summed E-state index contributed by atoms with van der Waals surface area (Å²) in [6.07, 6.45) is 0. The molecule has 9 heteroatoms. The molecule has 2 aromatic carbocycles. The van der Waals surface area contributed by atoms with Crippen molar-refractivity contribution in [1.82, 2.24) is 0 Å². The smallest absolute Gasteiger partial charge is 0.208 e. The first kappa shape index (κ1) is 16.2. The highest BCUT2D eigenvalue weighted by atomic mass is 19.2. The average Bonchev–Trinajstić information content (AvgIpc) is 2.48. The van der Waals surface area contributed by atoms with Crippen LogP contribution < -0.4 is 15.7 Å². The standard InChI is InChI=1S/C13H6BF7O/c1-22-7-3-6(17)12(20)9(13(7)21)14-8-10(18)4(15)2-5(16)11(8)19/h2-3,14H,1H3. The minimum atomic E-state index is -1.82. The van der Waals surface area contributed by atoms with E-state index < -0.39 is 64.7 Å². The van der Waals surface area contributed by atoms with E-state index >= 15 is 0 Å². The summed E-state index contributed by atoms with van der Waals surface area (Å²) in [7, 11) is -0.277. The van der Waals surface area contributed by atoms with E-state index in [4.69, 9.17) is 0 Å². The molecule has 0 spiro atoms. The fraction of sp³-hybridized carbons (Fsp3) is 0.0769. The average molecular weight is 322 g/mol. The Labute approximate surface area is 120 Å². The molecule has 2 aromatic rings. The number of halogens is 7. The van der Waals surface area contributed by atoms with Gasteiger partial charge in [-0.2, -0.15) is 0 Å². The van der Waals surface area contributed by atoms with Crippen molar-refractivity contribution in [2.45, 2.75) is 0 Å². The Hall–Kier alpha value is -2.19. The molecule has 0 fully saturated rings. The highest BCUT2D eigenvalue weighted by Crippen LogP contribution is 2.19. The summed E-state index contributed by atoms with van der Waals surface area (Å²) in [6.45, 7) is 0. The van der Waals surface area contributed by atoms with Gasteiger partial charge in [0.15, 0.2) is 46.5 Å². The first-order valence-electron chi connectivity index (χ1n) is 5.80. The molecule has 0 aliphatic rings. The molecule has 1 nitrogen and oxygen atoms in total. The van der Waals surface area contributed by atoms with Gasteiger partial charge in [-0.15, -0.1) is 0 Å². The molecule has 0 saturated carbocycles. The third-order valence-corrected chi connectivity index (χ3v) is 2.99. The lowest BCUT2D eigenvalue weighted by molar-refractivity contribution is 0.379. The Bertz CT molecular complexity index is 722. The van der Waals surface area contributed by atoms with E-state index in [2.05, 4.69) is 4.74 Å². The van der Waals surface area contributed by atoms with Gasteiger partial charge in [-0.05, 0) is 10.9 Å². The molecular weight excluding hydrogens is 316 g/mol. The fourth-order valence-electron chi connectivity index (χ4n) is 1.89. The van der Waals surface area contributed by atoms with Crippen LogP contribution in [-0.4, -0.2) is 14.4 Å². The van der Waals surface area contributed by atoms with Crippen LogP contribution in [0.1, 0.15) is 0 Å². The van der Waals surface area contributed by atoms with E-state index in [1.54, 1.807) is 0 Å². The fourth-order valence-corrected chi connectivity index (χ4v) is 1.89. The molecule has 0 N–H and O–H groups in total. The van der Waals surface area contributed by atoms with Crippen molar-refractivity contribution in [3.05, 3.63) is 52.9 Å². The summed E-state index contributed by atoms with van der Waals surface area (Å²) in [5.74, 6) is -12.5. The lowest BCUT2D eigenvalue weighted by Gasteiger charge is -2.11. The lowest BCUT2D eigenvalue weighted by Crippen LogP contribution is -2.38. The van der Waals surface area contributed by atoms with Gasteiger partial charge in [0, 0.05) is 12.1 Å². The molecule has 0 aromatic heterocycles. The van der Waals surface area contributed by atoms with E-state index in [-0.39, 0.29) is 6.07 Å². The molecule has 0 bridgehead atoms. The van der Waals surface area contributed by atoms with Crippen LogP contribution in [0.5, 0.6) is 5.75 Å². The normalized spacial score (nSPS) is 10.7. The monoisotopic (exact) mass is 322 g/mol. The van der Waals surface area contributed by atoms with Gasteiger partial charge >= 0.3 is 0 Å². The Balaban J connectivity index is 2.64. The number of hydrogen-bond acceptors (Lipinski definition) is 1. The molecule has 0 atom stereocenters. The zero-order valence-corrected chi connectivity index (χ0v) is 10.9. The van der Waals surface area contributed by atoms with E-state index in [1.807, 2.05) is 0 Å². The van der Waals surface area contributed by atoms with E-state index in [0.29, 0.717) is 6.07 Å². The quantitative estimate of drug-likeness (QED) is 0.478. The van der Waals surface area contributed by atoms with E-state index in [0.717, 1.165) is 7.11 Å². The van der Waals surface area contributed by atoms with Crippen LogP contribution in [0.15, 0.2) is 12.1 Å². The second-order valence-electron chi connectivity index (χ2n) is 4.29. The Morgan fingerprint density at radius 2 is 1.09 bits per heavy atom. The first-order valence-corrected chi connectivity index (χ1v) is 5.80. The van der Waals surface area contributed by atoms with E-state index in [1.165, 1.54) is 0 Å². The predicted molar refractivity (Wildman–Crippen MR) is 65.6 cm³/mol. The van der Waals surface area contributed by atoms with Gasteiger partial charge in [0.2, 0.25) is 7.28 Å². The molecule has 0 amide bonds. The van der Waals surface area contributed by atoms with Crippen molar-refractivity contribution in [1.29, 1.82) is 0 Å². The maximum absolute atomic E-state index is 13.9. The molecule has 0 unspecified atom stereocenters. The van der Waals surface area contributed by atoms with Gasteiger partial charge in [0.25, 0.3) is 0 Å². The van der Waals surface area contributed by atoms with Crippen molar-refractivity contribution in [2.75, 3.05) is 7.11 Å². The number of hydrogen-bond donors (Lipinski definition) is 0. The minimum absolute atomic E-state index is 0.0486. The summed E-state index contributed by atoms with van der Waals surface area (Å²) in [4.78, 5) is 0. The summed E-state index contributed by atoms with van der Waals surface area (Å²) in [6, 6.07) is 0.347. The van der Waals surface area contributed by atoms with Gasteiger partial charge in [-0.3, -0.25) is 0 Å². The zero-order valence-electron chi connectivity index (χ0n) is 10.9. The molecule has 0 saturated heterocycles. The molecular formula is C13H6BF7O. The first-order chi connectivity index (χ1) is 10.3. The van der Waals surface area contributed by atoms with Crippen LogP contribution in [-0.2, 0) is 0 Å². The molecule has 0 radical (unpaired) electrons. The number of ether oxygens (including phenoxy) is 1. The van der Waals surface area contributed by atoms with Crippen molar-refractivity contribution in [3.8, 4) is 5.75 Å². The van der Waals surface area contributed by atoms with Gasteiger partial charge in [0.05, 0.1) is 7.11 Å². The predicted octanol–water partition coefficient (Wildman–Crippen LogP) is 2.06. The Kier molecular flexibility index (Phi) is 4.34. The summed E-state index contributed by atoms with van der Waals surface area (Å²) in [5, 5.41) is 0. The van der Waals surface area contributed by atoms with Crippen LogP contribution in [0.4, 0.5) is 30.7 Å². The third-order valence-electron chi connectivity index (χ3n) is 2.99. The van der Waals surface area contributed by atoms with Gasteiger partial charge in [-0.25, -0.2) is 30.7 Å². The highest BCUT2D eigenvalue weighted by molar-refractivity contribution is 6.67. The Morgan fingerprint density at radius 1 is 0.682 bits per heavy atom. The molecule has 0 heterocycles. The van der Waals surface area contributed by atoms with Crippen LogP contribution in [0.2, 0.25) is 0 Å². The van der Waals surface area contributed by atoms with Gasteiger partial charge < -0.3 is 4.74 Å².